The number of nitrogen functional groups attached to an aromatic ring is 1. The lowest BCUT2D eigenvalue weighted by Gasteiger charge is -2.21. The molecule has 5 nitrogen and oxygen atoms in total. The standard InChI is InChI=1S/C14H21N5S/c1-9(2)12-8-17-14-11(15)7-13(18-19(12)14)20-10-3-5-16-6-4-10/h7-10,16H,3-6,15H2,1-2H3. The van der Waals surface area contributed by atoms with Gasteiger partial charge in [-0.25, -0.2) is 9.50 Å². The van der Waals surface area contributed by atoms with E-state index in [1.54, 1.807) is 0 Å². The predicted octanol–water partition coefficient (Wildman–Crippen LogP) is 2.28. The Morgan fingerprint density at radius 3 is 2.85 bits per heavy atom. The molecule has 2 aromatic heterocycles. The van der Waals surface area contributed by atoms with Gasteiger partial charge in [0.1, 0.15) is 5.03 Å². The van der Waals surface area contributed by atoms with Crippen molar-refractivity contribution in [2.24, 2.45) is 0 Å². The van der Waals surface area contributed by atoms with Gasteiger partial charge in [0, 0.05) is 5.25 Å². The summed E-state index contributed by atoms with van der Waals surface area (Å²) in [6.07, 6.45) is 4.25. The van der Waals surface area contributed by atoms with Crippen molar-refractivity contribution in [3.63, 3.8) is 0 Å². The van der Waals surface area contributed by atoms with Crippen molar-refractivity contribution in [2.45, 2.75) is 42.9 Å². The van der Waals surface area contributed by atoms with Crippen LogP contribution in [0.2, 0.25) is 0 Å². The van der Waals surface area contributed by atoms with Crippen LogP contribution >= 0.6 is 11.8 Å². The quantitative estimate of drug-likeness (QED) is 0.908. The summed E-state index contributed by atoms with van der Waals surface area (Å²) < 4.78 is 1.91. The summed E-state index contributed by atoms with van der Waals surface area (Å²) in [7, 11) is 0. The van der Waals surface area contributed by atoms with Crippen LogP contribution in [0.5, 0.6) is 0 Å². The minimum absolute atomic E-state index is 0.385. The van der Waals surface area contributed by atoms with Crippen LogP contribution in [0.4, 0.5) is 5.69 Å². The zero-order chi connectivity index (χ0) is 14.1. The van der Waals surface area contributed by atoms with E-state index in [0.717, 1.165) is 29.5 Å². The Morgan fingerprint density at radius 1 is 1.40 bits per heavy atom. The molecule has 0 aromatic carbocycles. The van der Waals surface area contributed by atoms with Gasteiger partial charge in [0.2, 0.25) is 0 Å². The Balaban J connectivity index is 1.93. The molecule has 0 spiro atoms. The number of piperidine rings is 1. The molecule has 0 unspecified atom stereocenters. The van der Waals surface area contributed by atoms with Crippen LogP contribution in [0.15, 0.2) is 17.3 Å². The third-order valence-electron chi connectivity index (χ3n) is 3.67. The van der Waals surface area contributed by atoms with Crippen LogP contribution in [0, 0.1) is 0 Å². The van der Waals surface area contributed by atoms with Crippen molar-refractivity contribution in [1.82, 2.24) is 19.9 Å². The number of hydrogen-bond acceptors (Lipinski definition) is 5. The van der Waals surface area contributed by atoms with Crippen molar-refractivity contribution >= 4 is 23.1 Å². The summed E-state index contributed by atoms with van der Waals surface area (Å²) in [4.78, 5) is 4.38. The number of thioether (sulfide) groups is 1. The smallest absolute Gasteiger partial charge is 0.177 e. The van der Waals surface area contributed by atoms with Crippen molar-refractivity contribution in [3.8, 4) is 0 Å². The van der Waals surface area contributed by atoms with Crippen molar-refractivity contribution < 1.29 is 0 Å². The van der Waals surface area contributed by atoms with Gasteiger partial charge in [-0.3, -0.25) is 0 Å². The Bertz CT molecular complexity index is 601. The highest BCUT2D eigenvalue weighted by Crippen LogP contribution is 2.30. The molecule has 1 aliphatic heterocycles. The first-order chi connectivity index (χ1) is 9.65. The lowest BCUT2D eigenvalue weighted by atomic mass is 10.2. The molecule has 1 saturated heterocycles. The van der Waals surface area contributed by atoms with Crippen LogP contribution in [-0.2, 0) is 0 Å². The van der Waals surface area contributed by atoms with Crippen LogP contribution < -0.4 is 11.1 Å². The summed E-state index contributed by atoms with van der Waals surface area (Å²) in [5.41, 5.74) is 8.72. The maximum atomic E-state index is 6.13. The number of fused-ring (bicyclic) bond motifs is 1. The molecule has 1 aliphatic rings. The highest BCUT2D eigenvalue weighted by molar-refractivity contribution is 7.99. The highest BCUT2D eigenvalue weighted by Gasteiger charge is 2.17. The van der Waals surface area contributed by atoms with Crippen molar-refractivity contribution in [2.75, 3.05) is 18.8 Å². The molecule has 0 bridgehead atoms. The second kappa shape index (κ2) is 5.61. The lowest BCUT2D eigenvalue weighted by molar-refractivity contribution is 0.531. The number of anilines is 1. The largest absolute Gasteiger partial charge is 0.396 e. The Hall–Kier alpha value is -1.27. The van der Waals surface area contributed by atoms with E-state index in [2.05, 4.69) is 24.1 Å². The molecule has 6 heteroatoms. The number of rotatable bonds is 3. The van der Waals surface area contributed by atoms with Gasteiger partial charge < -0.3 is 11.1 Å². The van der Waals surface area contributed by atoms with Gasteiger partial charge in [0.15, 0.2) is 5.65 Å². The van der Waals surface area contributed by atoms with Crippen molar-refractivity contribution in [3.05, 3.63) is 18.0 Å². The molecule has 0 saturated carbocycles. The second-order valence-corrected chi connectivity index (χ2v) is 6.90. The molecule has 1 fully saturated rings. The number of aromatic nitrogens is 3. The van der Waals surface area contributed by atoms with Crippen LogP contribution in [0.3, 0.4) is 0 Å². The summed E-state index contributed by atoms with van der Waals surface area (Å²) in [6, 6.07) is 1.96. The van der Waals surface area contributed by atoms with Gasteiger partial charge in [-0.2, -0.15) is 5.10 Å². The highest BCUT2D eigenvalue weighted by atomic mass is 32.2. The van der Waals surface area contributed by atoms with E-state index in [-0.39, 0.29) is 0 Å². The topological polar surface area (TPSA) is 68.2 Å². The molecule has 108 valence electrons. The summed E-state index contributed by atoms with van der Waals surface area (Å²) in [5.74, 6) is 0.385. The molecule has 0 aliphatic carbocycles. The number of nitrogens with zero attached hydrogens (tertiary/aromatic N) is 3. The lowest BCUT2D eigenvalue weighted by Crippen LogP contribution is -2.29. The zero-order valence-corrected chi connectivity index (χ0v) is 12.8. The first-order valence-corrected chi connectivity index (χ1v) is 8.04. The monoisotopic (exact) mass is 291 g/mol. The minimum atomic E-state index is 0.385. The summed E-state index contributed by atoms with van der Waals surface area (Å²) in [6.45, 7) is 6.48. The Morgan fingerprint density at radius 2 is 2.15 bits per heavy atom. The fraction of sp³-hybridized carbons (Fsp3) is 0.571. The molecule has 0 radical (unpaired) electrons. The number of imidazole rings is 1. The average molecular weight is 291 g/mol. The van der Waals surface area contributed by atoms with Crippen LogP contribution in [0.1, 0.15) is 38.3 Å². The summed E-state index contributed by atoms with van der Waals surface area (Å²) in [5, 5.41) is 9.75. The van der Waals surface area contributed by atoms with E-state index in [4.69, 9.17) is 10.8 Å². The predicted molar refractivity (Wildman–Crippen MR) is 83.2 cm³/mol. The number of nitrogens with one attached hydrogen (secondary N) is 1. The van der Waals surface area contributed by atoms with Gasteiger partial charge in [-0.15, -0.1) is 11.8 Å². The fourth-order valence-electron chi connectivity index (χ4n) is 2.52. The molecular weight excluding hydrogens is 270 g/mol. The fourth-order valence-corrected chi connectivity index (χ4v) is 3.66. The van der Waals surface area contributed by atoms with E-state index < -0.39 is 0 Å². The van der Waals surface area contributed by atoms with E-state index >= 15 is 0 Å². The third-order valence-corrected chi connectivity index (χ3v) is 4.91. The SMILES string of the molecule is CC(C)c1cnc2c(N)cc(SC3CCNCC3)nn12. The van der Waals surface area contributed by atoms with E-state index in [9.17, 15) is 0 Å². The zero-order valence-electron chi connectivity index (χ0n) is 12.0. The van der Waals surface area contributed by atoms with Gasteiger partial charge in [-0.1, -0.05) is 13.8 Å². The maximum absolute atomic E-state index is 6.13. The number of hydrogen-bond donors (Lipinski definition) is 2. The van der Waals surface area contributed by atoms with E-state index in [1.807, 2.05) is 28.5 Å². The van der Waals surface area contributed by atoms with Gasteiger partial charge in [-0.05, 0) is 37.9 Å². The second-order valence-electron chi connectivity index (χ2n) is 5.58. The number of nitrogens with two attached hydrogens (primary N) is 1. The van der Waals surface area contributed by atoms with E-state index in [0.29, 0.717) is 16.9 Å². The summed E-state index contributed by atoms with van der Waals surface area (Å²) >= 11 is 1.84. The molecule has 3 N–H and O–H groups in total. The van der Waals surface area contributed by atoms with Crippen LogP contribution in [0.25, 0.3) is 5.65 Å². The maximum Gasteiger partial charge on any atom is 0.177 e. The molecule has 3 rings (SSSR count). The van der Waals surface area contributed by atoms with Gasteiger partial charge in [0.25, 0.3) is 0 Å². The van der Waals surface area contributed by atoms with Gasteiger partial charge in [0.05, 0.1) is 17.6 Å². The van der Waals surface area contributed by atoms with Crippen LogP contribution in [-0.4, -0.2) is 32.9 Å². The normalized spacial score (nSPS) is 17.1. The average Bonchev–Trinajstić information content (AvgIpc) is 2.84. The van der Waals surface area contributed by atoms with Crippen molar-refractivity contribution in [1.29, 1.82) is 0 Å². The van der Waals surface area contributed by atoms with E-state index in [1.165, 1.54) is 12.8 Å². The molecular formula is C14H21N5S. The Labute approximate surface area is 123 Å². The molecule has 3 heterocycles. The first-order valence-electron chi connectivity index (χ1n) is 7.16. The van der Waals surface area contributed by atoms with Gasteiger partial charge >= 0.3 is 0 Å². The third kappa shape index (κ3) is 2.62. The molecule has 2 aromatic rings. The Kier molecular flexibility index (Phi) is 3.85. The first kappa shape index (κ1) is 13.7. The molecule has 0 amide bonds. The minimum Gasteiger partial charge on any atom is -0.396 e. The molecule has 0 atom stereocenters. The molecule has 20 heavy (non-hydrogen) atoms.